The number of benzene rings is 10. The van der Waals surface area contributed by atoms with Gasteiger partial charge in [0, 0.05) is 33.0 Å². The van der Waals surface area contributed by atoms with E-state index < -0.39 is 0 Å². The molecular formula is C56H34O2. The van der Waals surface area contributed by atoms with Crippen LogP contribution >= 0.6 is 0 Å². The van der Waals surface area contributed by atoms with E-state index in [4.69, 9.17) is 8.83 Å². The van der Waals surface area contributed by atoms with E-state index in [0.29, 0.717) is 0 Å². The summed E-state index contributed by atoms with van der Waals surface area (Å²) in [6.45, 7) is 0. The van der Waals surface area contributed by atoms with Crippen molar-refractivity contribution in [1.29, 1.82) is 0 Å². The van der Waals surface area contributed by atoms with E-state index in [1.807, 2.05) is 12.1 Å². The SMILES string of the molecule is c1ccc(-c2oc3ccc(-c4ccc5ccc6c(-c7ccc8oc(-c9ccccc9)c(-c9ccccc9)c8c7)ccc7ccc4c5c76)cc3c2-c2ccccc2)cc1. The van der Waals surface area contributed by atoms with Crippen LogP contribution in [0.4, 0.5) is 0 Å². The summed E-state index contributed by atoms with van der Waals surface area (Å²) < 4.78 is 13.3. The average Bonchev–Trinajstić information content (AvgIpc) is 3.88. The van der Waals surface area contributed by atoms with E-state index in [9.17, 15) is 0 Å². The fraction of sp³-hybridized carbons (Fsp3) is 0. The van der Waals surface area contributed by atoms with Crippen molar-refractivity contribution in [2.24, 2.45) is 0 Å². The van der Waals surface area contributed by atoms with Gasteiger partial charge >= 0.3 is 0 Å². The lowest BCUT2D eigenvalue weighted by Crippen LogP contribution is -1.89. The molecule has 0 aliphatic rings. The second-order valence-electron chi connectivity index (χ2n) is 15.1. The lowest BCUT2D eigenvalue weighted by molar-refractivity contribution is 0.632. The maximum Gasteiger partial charge on any atom is 0.143 e. The summed E-state index contributed by atoms with van der Waals surface area (Å²) in [4.78, 5) is 0. The predicted octanol–water partition coefficient (Wildman–Crippen LogP) is 16.1. The molecule has 0 aliphatic carbocycles. The minimum atomic E-state index is 0.879. The monoisotopic (exact) mass is 738 g/mol. The Kier molecular flexibility index (Phi) is 7.26. The van der Waals surface area contributed by atoms with Crippen LogP contribution in [0.15, 0.2) is 215 Å². The summed E-state index contributed by atoms with van der Waals surface area (Å²) in [6.07, 6.45) is 0. The molecule has 0 bridgehead atoms. The molecule has 0 atom stereocenters. The third kappa shape index (κ3) is 5.05. The van der Waals surface area contributed by atoms with E-state index in [-0.39, 0.29) is 0 Å². The molecule has 0 unspecified atom stereocenters. The van der Waals surface area contributed by atoms with Gasteiger partial charge in [0.25, 0.3) is 0 Å². The van der Waals surface area contributed by atoms with Crippen LogP contribution in [0.3, 0.4) is 0 Å². The molecule has 10 aromatic carbocycles. The Hall–Kier alpha value is -7.68. The predicted molar refractivity (Wildman–Crippen MR) is 242 cm³/mol. The zero-order valence-corrected chi connectivity index (χ0v) is 31.4. The van der Waals surface area contributed by atoms with Gasteiger partial charge in [-0.05, 0) is 90.0 Å². The maximum atomic E-state index is 6.64. The highest BCUT2D eigenvalue weighted by Gasteiger charge is 2.22. The Morgan fingerprint density at radius 3 is 1.02 bits per heavy atom. The zero-order chi connectivity index (χ0) is 38.2. The van der Waals surface area contributed by atoms with Crippen LogP contribution < -0.4 is 0 Å². The molecule has 0 amide bonds. The molecule has 0 fully saturated rings. The summed E-state index contributed by atoms with van der Waals surface area (Å²) >= 11 is 0. The van der Waals surface area contributed by atoms with Crippen molar-refractivity contribution >= 4 is 54.3 Å². The fourth-order valence-electron chi connectivity index (χ4n) is 9.20. The van der Waals surface area contributed by atoms with Crippen LogP contribution in [0.25, 0.3) is 121 Å². The van der Waals surface area contributed by atoms with E-state index >= 15 is 0 Å². The molecule has 12 rings (SSSR count). The van der Waals surface area contributed by atoms with Gasteiger partial charge in [0.2, 0.25) is 0 Å². The lowest BCUT2D eigenvalue weighted by atomic mass is 9.86. The van der Waals surface area contributed by atoms with Gasteiger partial charge in [-0.3, -0.25) is 0 Å². The highest BCUT2D eigenvalue weighted by atomic mass is 16.3. The summed E-state index contributed by atoms with van der Waals surface area (Å²) in [5, 5.41) is 9.74. The molecule has 2 nitrogen and oxygen atoms in total. The number of furan rings is 2. The van der Waals surface area contributed by atoms with Crippen molar-refractivity contribution in [2.45, 2.75) is 0 Å². The normalized spacial score (nSPS) is 11.8. The van der Waals surface area contributed by atoms with E-state index in [0.717, 1.165) is 78.0 Å². The Bertz CT molecular complexity index is 3230. The molecular weight excluding hydrogens is 705 g/mol. The van der Waals surface area contributed by atoms with Gasteiger partial charge in [0.05, 0.1) is 0 Å². The van der Waals surface area contributed by atoms with Crippen molar-refractivity contribution in [3.63, 3.8) is 0 Å². The molecule has 0 saturated heterocycles. The largest absolute Gasteiger partial charge is 0.455 e. The fourth-order valence-corrected chi connectivity index (χ4v) is 9.20. The van der Waals surface area contributed by atoms with Crippen molar-refractivity contribution < 1.29 is 8.83 Å². The summed E-state index contributed by atoms with van der Waals surface area (Å²) in [7, 11) is 0. The topological polar surface area (TPSA) is 26.3 Å². The Morgan fingerprint density at radius 1 is 0.259 bits per heavy atom. The van der Waals surface area contributed by atoms with Crippen LogP contribution in [0, 0.1) is 0 Å². The van der Waals surface area contributed by atoms with Gasteiger partial charge in [-0.25, -0.2) is 0 Å². The quantitative estimate of drug-likeness (QED) is 0.159. The van der Waals surface area contributed by atoms with Gasteiger partial charge in [0.15, 0.2) is 0 Å². The number of rotatable bonds is 6. The molecule has 2 heteroatoms. The second-order valence-corrected chi connectivity index (χ2v) is 15.1. The molecule has 2 heterocycles. The highest BCUT2D eigenvalue weighted by Crippen LogP contribution is 2.47. The van der Waals surface area contributed by atoms with Gasteiger partial charge in [-0.2, -0.15) is 0 Å². The minimum Gasteiger partial charge on any atom is -0.455 e. The van der Waals surface area contributed by atoms with Crippen molar-refractivity contribution in [1.82, 2.24) is 0 Å². The van der Waals surface area contributed by atoms with Crippen molar-refractivity contribution in [2.75, 3.05) is 0 Å². The molecule has 0 saturated carbocycles. The first-order valence-corrected chi connectivity index (χ1v) is 19.8. The molecule has 270 valence electrons. The van der Waals surface area contributed by atoms with Crippen LogP contribution in [-0.4, -0.2) is 0 Å². The Morgan fingerprint density at radius 2 is 0.621 bits per heavy atom. The van der Waals surface area contributed by atoms with Crippen LogP contribution in [0.5, 0.6) is 0 Å². The summed E-state index contributed by atoms with van der Waals surface area (Å²) in [5.41, 5.74) is 13.1. The second kappa shape index (κ2) is 12.9. The minimum absolute atomic E-state index is 0.879. The summed E-state index contributed by atoms with van der Waals surface area (Å²) in [6, 6.07) is 73.7. The first kappa shape index (κ1) is 32.6. The van der Waals surface area contributed by atoms with E-state index in [1.54, 1.807) is 0 Å². The van der Waals surface area contributed by atoms with Gasteiger partial charge < -0.3 is 8.83 Å². The Balaban J connectivity index is 1.05. The average molecular weight is 739 g/mol. The first-order valence-electron chi connectivity index (χ1n) is 19.8. The number of hydrogen-bond acceptors (Lipinski definition) is 2. The standard InChI is InChI=1S/C56H34O2/c1-5-13-35(14-6-1)53-47-33-41(25-31-49(47)57-55(53)39-17-9-3-10-18-39)43-27-21-37-24-30-46-44(28-22-38-23-29-45(43)51(37)52(38)46)42-26-32-50-48(34-42)54(36-15-7-2-8-16-36)56(58-50)40-19-11-4-12-20-40/h1-34H. The lowest BCUT2D eigenvalue weighted by Gasteiger charge is -2.17. The molecule has 0 radical (unpaired) electrons. The third-order valence-corrected chi connectivity index (χ3v) is 11.9. The van der Waals surface area contributed by atoms with Gasteiger partial charge in [-0.15, -0.1) is 0 Å². The summed E-state index contributed by atoms with van der Waals surface area (Å²) in [5.74, 6) is 1.78. The Labute approximate surface area is 335 Å². The molecule has 2 aromatic heterocycles. The molecule has 58 heavy (non-hydrogen) atoms. The van der Waals surface area contributed by atoms with E-state index in [1.165, 1.54) is 43.4 Å². The molecule has 12 aromatic rings. The molecule has 0 spiro atoms. The van der Waals surface area contributed by atoms with Crippen LogP contribution in [0.1, 0.15) is 0 Å². The smallest absolute Gasteiger partial charge is 0.143 e. The zero-order valence-electron chi connectivity index (χ0n) is 31.4. The van der Waals surface area contributed by atoms with Gasteiger partial charge in [-0.1, -0.05) is 182 Å². The van der Waals surface area contributed by atoms with Crippen LogP contribution in [-0.2, 0) is 0 Å². The van der Waals surface area contributed by atoms with Crippen LogP contribution in [0.2, 0.25) is 0 Å². The highest BCUT2D eigenvalue weighted by molar-refractivity contribution is 6.28. The van der Waals surface area contributed by atoms with Crippen molar-refractivity contribution in [3.05, 3.63) is 206 Å². The number of fused-ring (bicyclic) bond motifs is 2. The van der Waals surface area contributed by atoms with Gasteiger partial charge in [0.1, 0.15) is 22.7 Å². The third-order valence-electron chi connectivity index (χ3n) is 11.9. The maximum absolute atomic E-state index is 6.64. The molecule has 0 N–H and O–H groups in total. The van der Waals surface area contributed by atoms with E-state index in [2.05, 4.69) is 194 Å². The number of hydrogen-bond donors (Lipinski definition) is 0. The molecule has 0 aliphatic heterocycles. The first-order chi connectivity index (χ1) is 28.8. The van der Waals surface area contributed by atoms with Crippen molar-refractivity contribution in [3.8, 4) is 67.2 Å².